The third-order valence-electron chi connectivity index (χ3n) is 8.02. The van der Waals surface area contributed by atoms with Gasteiger partial charge in [0.2, 0.25) is 0 Å². The summed E-state index contributed by atoms with van der Waals surface area (Å²) < 4.78 is 0. The molecule has 8 heteroatoms. The van der Waals surface area contributed by atoms with Crippen molar-refractivity contribution in [3.8, 4) is 22.5 Å². The number of anilines is 3. The van der Waals surface area contributed by atoms with Crippen LogP contribution < -0.4 is 10.2 Å². The molecule has 200 valence electrons. The minimum Gasteiger partial charge on any atom is -0.368 e. The monoisotopic (exact) mass is 529 g/mol. The predicted molar refractivity (Wildman–Crippen MR) is 160 cm³/mol. The molecule has 2 aliphatic rings. The minimum atomic E-state index is -0.0208. The maximum Gasteiger partial charge on any atom is 0.256 e. The summed E-state index contributed by atoms with van der Waals surface area (Å²) in [5, 5.41) is 4.51. The number of nitrogens with zero attached hydrogens (tertiary/aromatic N) is 5. The van der Waals surface area contributed by atoms with Crippen molar-refractivity contribution in [1.82, 2.24) is 24.8 Å². The first-order valence-electron chi connectivity index (χ1n) is 13.7. The van der Waals surface area contributed by atoms with Crippen LogP contribution in [0.25, 0.3) is 33.4 Å². The molecule has 40 heavy (non-hydrogen) atoms. The van der Waals surface area contributed by atoms with Crippen LogP contribution in [0.1, 0.15) is 15.9 Å². The Bertz CT molecular complexity index is 1700. The van der Waals surface area contributed by atoms with E-state index in [9.17, 15) is 4.79 Å². The summed E-state index contributed by atoms with van der Waals surface area (Å²) in [4.78, 5) is 33.1. The number of hydrogen-bond donors (Lipinski definition) is 2. The van der Waals surface area contributed by atoms with E-state index in [1.54, 1.807) is 11.1 Å². The van der Waals surface area contributed by atoms with E-state index in [-0.39, 0.29) is 5.91 Å². The fourth-order valence-electron chi connectivity index (χ4n) is 5.83. The molecule has 7 rings (SSSR count). The first-order chi connectivity index (χ1) is 19.6. The molecule has 3 aromatic heterocycles. The number of piperazine rings is 1. The van der Waals surface area contributed by atoms with Gasteiger partial charge in [0.1, 0.15) is 5.82 Å². The second-order valence-electron chi connectivity index (χ2n) is 10.6. The second-order valence-corrected chi connectivity index (χ2v) is 10.6. The van der Waals surface area contributed by atoms with Crippen molar-refractivity contribution in [2.75, 3.05) is 50.5 Å². The first kappa shape index (κ1) is 24.4. The molecule has 5 heterocycles. The molecular weight excluding hydrogens is 498 g/mol. The predicted octanol–water partition coefficient (Wildman–Crippen LogP) is 5.37. The van der Waals surface area contributed by atoms with Gasteiger partial charge in [-0.15, -0.1) is 0 Å². The number of aromatic nitrogens is 3. The fourth-order valence-corrected chi connectivity index (χ4v) is 5.83. The minimum absolute atomic E-state index is 0.0208. The average Bonchev–Trinajstić information content (AvgIpc) is 3.52. The number of fused-ring (bicyclic) bond motifs is 2. The van der Waals surface area contributed by atoms with Gasteiger partial charge in [0.15, 0.2) is 0 Å². The Morgan fingerprint density at radius 1 is 0.825 bits per heavy atom. The summed E-state index contributed by atoms with van der Waals surface area (Å²) in [6, 6.07) is 22.7. The van der Waals surface area contributed by atoms with Gasteiger partial charge in [-0.1, -0.05) is 48.5 Å². The number of carbonyl (C=O) groups excluding carboxylic acids is 1. The number of para-hydroxylation sites is 1. The van der Waals surface area contributed by atoms with Crippen LogP contribution >= 0.6 is 0 Å². The van der Waals surface area contributed by atoms with Crippen molar-refractivity contribution in [3.05, 3.63) is 90.3 Å². The number of aromatic amines is 1. The van der Waals surface area contributed by atoms with E-state index >= 15 is 0 Å². The molecule has 0 unspecified atom stereocenters. The van der Waals surface area contributed by atoms with E-state index in [1.165, 1.54) is 0 Å². The number of pyridine rings is 2. The van der Waals surface area contributed by atoms with Crippen molar-refractivity contribution >= 4 is 34.0 Å². The van der Waals surface area contributed by atoms with E-state index < -0.39 is 0 Å². The van der Waals surface area contributed by atoms with Crippen molar-refractivity contribution in [2.24, 2.45) is 0 Å². The lowest BCUT2D eigenvalue weighted by molar-refractivity contribution is 0.0817. The maximum atomic E-state index is 13.4. The van der Waals surface area contributed by atoms with Crippen molar-refractivity contribution in [3.63, 3.8) is 0 Å². The van der Waals surface area contributed by atoms with Gasteiger partial charge < -0.3 is 25.0 Å². The SMILES string of the molecule is CN1CCN(c2ccc(Nc3cnc(-c4[nH]c5ccccc5c4-c4ccccc4)c4c3C(=O)N(C)C4)nc2)CC1. The van der Waals surface area contributed by atoms with Crippen LogP contribution in [0.2, 0.25) is 0 Å². The quantitative estimate of drug-likeness (QED) is 0.319. The number of likely N-dealkylation sites (N-methyl/N-ethyl adjacent to an activating group) is 1. The lowest BCUT2D eigenvalue weighted by Gasteiger charge is -2.33. The van der Waals surface area contributed by atoms with Crippen molar-refractivity contribution in [1.29, 1.82) is 0 Å². The van der Waals surface area contributed by atoms with Crippen LogP contribution in [0.4, 0.5) is 17.2 Å². The van der Waals surface area contributed by atoms with E-state index in [4.69, 9.17) is 4.98 Å². The number of H-pyrrole nitrogens is 1. The number of hydrogen-bond acceptors (Lipinski definition) is 6. The zero-order valence-corrected chi connectivity index (χ0v) is 22.7. The summed E-state index contributed by atoms with van der Waals surface area (Å²) in [5.74, 6) is 0.667. The molecule has 2 aliphatic heterocycles. The van der Waals surface area contributed by atoms with E-state index in [0.717, 1.165) is 70.8 Å². The standard InChI is InChI=1S/C32H31N7O/c1-37-14-16-39(17-15-37)22-12-13-27(33-18-22)35-26-19-34-30(24-20-38(2)32(40)29(24)26)31-28(21-8-4-3-5-9-21)23-10-6-7-11-25(23)36-31/h3-13,18-19,36H,14-17,20H2,1-2H3,(H,33,35). The summed E-state index contributed by atoms with van der Waals surface area (Å²) >= 11 is 0. The van der Waals surface area contributed by atoms with Gasteiger partial charge >= 0.3 is 0 Å². The Labute approximate surface area is 233 Å². The molecule has 0 atom stereocenters. The van der Waals surface area contributed by atoms with E-state index in [0.29, 0.717) is 23.6 Å². The van der Waals surface area contributed by atoms with Gasteiger partial charge in [-0.25, -0.2) is 4.98 Å². The van der Waals surface area contributed by atoms with Gasteiger partial charge in [0.05, 0.1) is 40.7 Å². The number of rotatable bonds is 5. The molecule has 0 spiro atoms. The largest absolute Gasteiger partial charge is 0.368 e. The van der Waals surface area contributed by atoms with Crippen LogP contribution in [0.5, 0.6) is 0 Å². The lowest BCUT2D eigenvalue weighted by Crippen LogP contribution is -2.44. The lowest BCUT2D eigenvalue weighted by atomic mass is 9.97. The highest BCUT2D eigenvalue weighted by Gasteiger charge is 2.33. The molecular formula is C32H31N7O. The Morgan fingerprint density at radius 3 is 2.38 bits per heavy atom. The van der Waals surface area contributed by atoms with Gasteiger partial charge in [0, 0.05) is 61.8 Å². The highest BCUT2D eigenvalue weighted by atomic mass is 16.2. The van der Waals surface area contributed by atoms with Crippen LogP contribution in [0, 0.1) is 0 Å². The molecule has 1 fully saturated rings. The van der Waals surface area contributed by atoms with Crippen LogP contribution in [-0.4, -0.2) is 70.9 Å². The van der Waals surface area contributed by atoms with Crippen LogP contribution in [0.15, 0.2) is 79.1 Å². The van der Waals surface area contributed by atoms with Crippen molar-refractivity contribution in [2.45, 2.75) is 6.54 Å². The topological polar surface area (TPSA) is 80.4 Å². The van der Waals surface area contributed by atoms with E-state index in [1.807, 2.05) is 43.6 Å². The molecule has 2 aromatic carbocycles. The molecule has 2 N–H and O–H groups in total. The smallest absolute Gasteiger partial charge is 0.256 e. The highest BCUT2D eigenvalue weighted by Crippen LogP contribution is 2.42. The van der Waals surface area contributed by atoms with E-state index in [2.05, 4.69) is 68.5 Å². The third kappa shape index (κ3) is 4.17. The normalized spacial score (nSPS) is 15.6. The Morgan fingerprint density at radius 2 is 1.60 bits per heavy atom. The zero-order chi connectivity index (χ0) is 27.2. The average molecular weight is 530 g/mol. The van der Waals surface area contributed by atoms with Gasteiger partial charge in [-0.2, -0.15) is 0 Å². The third-order valence-corrected chi connectivity index (χ3v) is 8.02. The molecule has 1 saturated heterocycles. The Kier molecular flexibility index (Phi) is 5.97. The maximum absolute atomic E-state index is 13.4. The molecule has 0 aliphatic carbocycles. The van der Waals surface area contributed by atoms with Gasteiger partial charge in [-0.3, -0.25) is 9.78 Å². The molecule has 0 radical (unpaired) electrons. The van der Waals surface area contributed by atoms with Gasteiger partial charge in [0.25, 0.3) is 5.91 Å². The van der Waals surface area contributed by atoms with Crippen molar-refractivity contribution < 1.29 is 4.79 Å². The summed E-state index contributed by atoms with van der Waals surface area (Å²) in [7, 11) is 3.99. The van der Waals surface area contributed by atoms with Crippen LogP contribution in [-0.2, 0) is 6.54 Å². The summed E-state index contributed by atoms with van der Waals surface area (Å²) in [6.07, 6.45) is 3.67. The summed E-state index contributed by atoms with van der Waals surface area (Å²) in [5.41, 5.74) is 8.30. The highest BCUT2D eigenvalue weighted by molar-refractivity contribution is 6.08. The Balaban J connectivity index is 1.28. The molecule has 8 nitrogen and oxygen atoms in total. The molecule has 1 amide bonds. The summed E-state index contributed by atoms with van der Waals surface area (Å²) in [6.45, 7) is 4.56. The molecule has 5 aromatic rings. The molecule has 0 bridgehead atoms. The zero-order valence-electron chi connectivity index (χ0n) is 22.7. The number of carbonyl (C=O) groups is 1. The molecule has 0 saturated carbocycles. The number of benzene rings is 2. The fraction of sp³-hybridized carbons (Fsp3) is 0.219. The Hall–Kier alpha value is -4.69. The van der Waals surface area contributed by atoms with Crippen LogP contribution in [0.3, 0.4) is 0 Å². The first-order valence-corrected chi connectivity index (χ1v) is 13.7. The second kappa shape index (κ2) is 9.81. The number of nitrogens with one attached hydrogen (secondary N) is 2. The number of amides is 1. The van der Waals surface area contributed by atoms with Gasteiger partial charge in [-0.05, 0) is 30.8 Å².